The first-order chi connectivity index (χ1) is 9.63. The van der Waals surface area contributed by atoms with Crippen LogP contribution < -0.4 is 5.32 Å². The van der Waals surface area contributed by atoms with Crippen molar-refractivity contribution in [1.29, 1.82) is 0 Å². The molecule has 112 valence electrons. The number of halogens is 2. The molecule has 1 aliphatic rings. The molecule has 0 spiro atoms. The SMILES string of the molecule is CCNC(Cc1cc(Br)ccc1F)C1CCC(CC)C1. The predicted octanol–water partition coefficient (Wildman–Crippen LogP) is 4.94. The first kappa shape index (κ1) is 16.0. The molecule has 3 atom stereocenters. The Morgan fingerprint density at radius 2 is 2.15 bits per heavy atom. The lowest BCUT2D eigenvalue weighted by Crippen LogP contribution is -2.37. The van der Waals surface area contributed by atoms with E-state index in [2.05, 4.69) is 35.1 Å². The summed E-state index contributed by atoms with van der Waals surface area (Å²) >= 11 is 3.44. The fourth-order valence-corrected chi connectivity index (χ4v) is 3.86. The summed E-state index contributed by atoms with van der Waals surface area (Å²) in [5.41, 5.74) is 0.824. The van der Waals surface area contributed by atoms with Gasteiger partial charge in [-0.3, -0.25) is 0 Å². The largest absolute Gasteiger partial charge is 0.314 e. The highest BCUT2D eigenvalue weighted by Crippen LogP contribution is 2.36. The number of rotatable bonds is 6. The summed E-state index contributed by atoms with van der Waals surface area (Å²) in [6.07, 6.45) is 5.99. The van der Waals surface area contributed by atoms with Crippen molar-refractivity contribution >= 4 is 15.9 Å². The van der Waals surface area contributed by atoms with Gasteiger partial charge in [0.2, 0.25) is 0 Å². The Hall–Kier alpha value is -0.410. The van der Waals surface area contributed by atoms with Crippen LogP contribution in [0.1, 0.15) is 45.1 Å². The van der Waals surface area contributed by atoms with Crippen LogP contribution in [0.3, 0.4) is 0 Å². The lowest BCUT2D eigenvalue weighted by Gasteiger charge is -2.25. The van der Waals surface area contributed by atoms with Crippen molar-refractivity contribution in [2.24, 2.45) is 11.8 Å². The molecule has 1 nitrogen and oxygen atoms in total. The summed E-state index contributed by atoms with van der Waals surface area (Å²) < 4.78 is 14.9. The van der Waals surface area contributed by atoms with Gasteiger partial charge in [0.1, 0.15) is 5.82 Å². The number of benzene rings is 1. The van der Waals surface area contributed by atoms with E-state index in [0.717, 1.165) is 28.9 Å². The second-order valence-electron chi connectivity index (χ2n) is 5.95. The summed E-state index contributed by atoms with van der Waals surface area (Å²) in [5, 5.41) is 3.58. The van der Waals surface area contributed by atoms with Crippen molar-refractivity contribution in [3.05, 3.63) is 34.1 Å². The summed E-state index contributed by atoms with van der Waals surface area (Å²) in [5.74, 6) is 1.48. The smallest absolute Gasteiger partial charge is 0.126 e. The Morgan fingerprint density at radius 1 is 1.35 bits per heavy atom. The van der Waals surface area contributed by atoms with Gasteiger partial charge in [0.25, 0.3) is 0 Å². The molecule has 1 aliphatic carbocycles. The monoisotopic (exact) mass is 341 g/mol. The van der Waals surface area contributed by atoms with Gasteiger partial charge in [0.05, 0.1) is 0 Å². The summed E-state index contributed by atoms with van der Waals surface area (Å²) in [7, 11) is 0. The molecule has 3 unspecified atom stereocenters. The van der Waals surface area contributed by atoms with E-state index in [9.17, 15) is 4.39 Å². The van der Waals surface area contributed by atoms with Crippen LogP contribution in [0.2, 0.25) is 0 Å². The van der Waals surface area contributed by atoms with Gasteiger partial charge in [0.15, 0.2) is 0 Å². The van der Waals surface area contributed by atoms with E-state index in [1.807, 2.05) is 6.07 Å². The van der Waals surface area contributed by atoms with Gasteiger partial charge < -0.3 is 5.32 Å². The third kappa shape index (κ3) is 4.05. The van der Waals surface area contributed by atoms with E-state index in [0.29, 0.717) is 12.0 Å². The maximum Gasteiger partial charge on any atom is 0.126 e. The molecule has 0 amide bonds. The van der Waals surface area contributed by atoms with Crippen molar-refractivity contribution in [1.82, 2.24) is 5.32 Å². The molecular weight excluding hydrogens is 317 g/mol. The Bertz CT molecular complexity index is 435. The third-order valence-corrected chi connectivity index (χ3v) is 5.14. The minimum absolute atomic E-state index is 0.0823. The van der Waals surface area contributed by atoms with Gasteiger partial charge >= 0.3 is 0 Å². The predicted molar refractivity (Wildman–Crippen MR) is 86.4 cm³/mol. The fourth-order valence-electron chi connectivity index (χ4n) is 3.45. The van der Waals surface area contributed by atoms with Crippen LogP contribution in [0, 0.1) is 17.7 Å². The number of hydrogen-bond donors (Lipinski definition) is 1. The first-order valence-electron chi connectivity index (χ1n) is 7.81. The van der Waals surface area contributed by atoms with E-state index in [1.54, 1.807) is 12.1 Å². The average Bonchev–Trinajstić information content (AvgIpc) is 2.91. The molecule has 3 heteroatoms. The lowest BCUT2D eigenvalue weighted by atomic mass is 9.90. The van der Waals surface area contributed by atoms with Crippen LogP contribution in [0.15, 0.2) is 22.7 Å². The minimum Gasteiger partial charge on any atom is -0.314 e. The van der Waals surface area contributed by atoms with Crippen LogP contribution in [0.4, 0.5) is 4.39 Å². The standard InChI is InChI=1S/C17H25BrFN/c1-3-12-5-6-13(9-12)17(20-4-2)11-14-10-15(18)7-8-16(14)19/h7-8,10,12-13,17,20H,3-6,9,11H2,1-2H3. The number of nitrogens with one attached hydrogen (secondary N) is 1. The maximum atomic E-state index is 14.0. The molecule has 1 fully saturated rings. The van der Waals surface area contributed by atoms with Gasteiger partial charge in [-0.2, -0.15) is 0 Å². The summed E-state index contributed by atoms with van der Waals surface area (Å²) in [6.45, 7) is 5.37. The zero-order chi connectivity index (χ0) is 14.5. The van der Waals surface area contributed by atoms with Crippen molar-refractivity contribution in [2.45, 2.75) is 52.0 Å². The quantitative estimate of drug-likeness (QED) is 0.772. The fraction of sp³-hybridized carbons (Fsp3) is 0.647. The van der Waals surface area contributed by atoms with Crippen molar-refractivity contribution < 1.29 is 4.39 Å². The van der Waals surface area contributed by atoms with E-state index in [4.69, 9.17) is 0 Å². The van der Waals surface area contributed by atoms with Crippen LogP contribution >= 0.6 is 15.9 Å². The molecular formula is C17H25BrFN. The second kappa shape index (κ2) is 7.56. The van der Waals surface area contributed by atoms with Crippen molar-refractivity contribution in [3.8, 4) is 0 Å². The molecule has 0 saturated heterocycles. The first-order valence-corrected chi connectivity index (χ1v) is 8.60. The average molecular weight is 342 g/mol. The molecule has 2 rings (SSSR count). The van der Waals surface area contributed by atoms with E-state index >= 15 is 0 Å². The van der Waals surface area contributed by atoms with Gasteiger partial charge in [0, 0.05) is 10.5 Å². The zero-order valence-electron chi connectivity index (χ0n) is 12.5. The van der Waals surface area contributed by atoms with E-state index < -0.39 is 0 Å². The number of likely N-dealkylation sites (N-methyl/N-ethyl adjacent to an activating group) is 1. The molecule has 0 aliphatic heterocycles. The van der Waals surface area contributed by atoms with Crippen LogP contribution in [-0.2, 0) is 6.42 Å². The van der Waals surface area contributed by atoms with Crippen LogP contribution in [0.25, 0.3) is 0 Å². The van der Waals surface area contributed by atoms with Gasteiger partial charge in [-0.15, -0.1) is 0 Å². The summed E-state index contributed by atoms with van der Waals surface area (Å²) in [4.78, 5) is 0. The highest BCUT2D eigenvalue weighted by atomic mass is 79.9. The number of hydrogen-bond acceptors (Lipinski definition) is 1. The topological polar surface area (TPSA) is 12.0 Å². The highest BCUT2D eigenvalue weighted by Gasteiger charge is 2.30. The molecule has 0 aromatic heterocycles. The van der Waals surface area contributed by atoms with E-state index in [1.165, 1.54) is 25.7 Å². The molecule has 1 N–H and O–H groups in total. The molecule has 0 radical (unpaired) electrons. The molecule has 0 heterocycles. The third-order valence-electron chi connectivity index (χ3n) is 4.64. The second-order valence-corrected chi connectivity index (χ2v) is 6.87. The maximum absolute atomic E-state index is 14.0. The van der Waals surface area contributed by atoms with E-state index in [-0.39, 0.29) is 5.82 Å². The van der Waals surface area contributed by atoms with Gasteiger partial charge in [-0.1, -0.05) is 42.6 Å². The van der Waals surface area contributed by atoms with Gasteiger partial charge in [-0.05, 0) is 61.4 Å². The summed E-state index contributed by atoms with van der Waals surface area (Å²) in [6, 6.07) is 5.65. The Morgan fingerprint density at radius 3 is 2.80 bits per heavy atom. The lowest BCUT2D eigenvalue weighted by molar-refractivity contribution is 0.346. The molecule has 1 aromatic carbocycles. The Kier molecular flexibility index (Phi) is 6.03. The minimum atomic E-state index is -0.0823. The van der Waals surface area contributed by atoms with Crippen molar-refractivity contribution in [3.63, 3.8) is 0 Å². The van der Waals surface area contributed by atoms with Crippen LogP contribution in [-0.4, -0.2) is 12.6 Å². The van der Waals surface area contributed by atoms with Crippen LogP contribution in [0.5, 0.6) is 0 Å². The highest BCUT2D eigenvalue weighted by molar-refractivity contribution is 9.10. The molecule has 1 saturated carbocycles. The normalized spacial score (nSPS) is 24.0. The van der Waals surface area contributed by atoms with Crippen molar-refractivity contribution in [2.75, 3.05) is 6.54 Å². The Balaban J connectivity index is 2.07. The zero-order valence-corrected chi connectivity index (χ0v) is 14.0. The van der Waals surface area contributed by atoms with Gasteiger partial charge in [-0.25, -0.2) is 4.39 Å². The molecule has 20 heavy (non-hydrogen) atoms. The molecule has 0 bridgehead atoms. The Labute approximate surface area is 130 Å². The molecule has 1 aromatic rings.